The zero-order valence-corrected chi connectivity index (χ0v) is 12.5. The van der Waals surface area contributed by atoms with Crippen molar-refractivity contribution in [3.05, 3.63) is 0 Å². The molecule has 0 N–H and O–H groups in total. The summed E-state index contributed by atoms with van der Waals surface area (Å²) in [6.45, 7) is 5.75. The van der Waals surface area contributed by atoms with E-state index < -0.39 is 18.4 Å². The van der Waals surface area contributed by atoms with Crippen molar-refractivity contribution in [2.24, 2.45) is 0 Å². The minimum absolute atomic E-state index is 0. The van der Waals surface area contributed by atoms with Crippen LogP contribution >= 0.6 is 0 Å². The van der Waals surface area contributed by atoms with E-state index in [1.165, 1.54) is 6.92 Å². The maximum Gasteiger partial charge on any atom is 1.00 e. The van der Waals surface area contributed by atoms with Crippen molar-refractivity contribution in [2.75, 3.05) is 6.61 Å². The molecule has 0 heterocycles. The summed E-state index contributed by atoms with van der Waals surface area (Å²) in [5.74, 6) is -1.22. The van der Waals surface area contributed by atoms with Gasteiger partial charge in [-0.25, -0.2) is 0 Å². The minimum Gasteiger partial charge on any atom is -0.547 e. The van der Waals surface area contributed by atoms with Crippen LogP contribution in [0.5, 0.6) is 0 Å². The monoisotopic (exact) mass is 228 g/mol. The summed E-state index contributed by atoms with van der Waals surface area (Å²) in [5.41, 5.74) is 0. The summed E-state index contributed by atoms with van der Waals surface area (Å²) in [4.78, 5) is 10.3. The molecule has 0 amide bonds. The van der Waals surface area contributed by atoms with Crippen LogP contribution in [0.1, 0.15) is 33.6 Å². The van der Waals surface area contributed by atoms with E-state index in [1.54, 1.807) is 6.92 Å². The van der Waals surface area contributed by atoms with Crippen molar-refractivity contribution in [3.8, 4) is 0 Å². The first-order valence-electron chi connectivity index (χ1n) is 4.55. The van der Waals surface area contributed by atoms with Gasteiger partial charge in [-0.15, -0.1) is 0 Å². The molecule has 0 aromatic carbocycles. The minimum atomic E-state index is -1.22. The molecule has 0 aromatic heterocycles. The summed E-state index contributed by atoms with van der Waals surface area (Å²) < 4.78 is 10.2. The van der Waals surface area contributed by atoms with Gasteiger partial charge in [-0.05, 0) is 20.3 Å². The third-order valence-corrected chi connectivity index (χ3v) is 1.58. The largest absolute Gasteiger partial charge is 1.00 e. The third kappa shape index (κ3) is 9.58. The Kier molecular flexibility index (Phi) is 13.1. The Bertz CT molecular complexity index is 152. The zero-order chi connectivity index (χ0) is 10.3. The van der Waals surface area contributed by atoms with Gasteiger partial charge in [-0.2, -0.15) is 0 Å². The van der Waals surface area contributed by atoms with Gasteiger partial charge in [-0.1, -0.05) is 13.3 Å². The van der Waals surface area contributed by atoms with Crippen LogP contribution in [0.3, 0.4) is 0 Å². The molecule has 0 saturated carbocycles. The van der Waals surface area contributed by atoms with Crippen LogP contribution in [0.15, 0.2) is 0 Å². The molecule has 0 radical (unpaired) electrons. The zero-order valence-electron chi connectivity index (χ0n) is 9.41. The number of rotatable bonds is 7. The van der Waals surface area contributed by atoms with E-state index in [9.17, 15) is 9.90 Å². The molecule has 5 heteroatoms. The molecule has 2 unspecified atom stereocenters. The van der Waals surface area contributed by atoms with Crippen LogP contribution in [0.25, 0.3) is 0 Å². The van der Waals surface area contributed by atoms with Crippen LogP contribution in [-0.2, 0) is 14.3 Å². The Labute approximate surface area is 128 Å². The fourth-order valence-electron chi connectivity index (χ4n) is 0.776. The molecule has 0 saturated heterocycles. The van der Waals surface area contributed by atoms with Crippen molar-refractivity contribution in [3.63, 3.8) is 0 Å². The van der Waals surface area contributed by atoms with Gasteiger partial charge in [-0.3, -0.25) is 0 Å². The van der Waals surface area contributed by atoms with Crippen molar-refractivity contribution in [1.29, 1.82) is 0 Å². The van der Waals surface area contributed by atoms with Gasteiger partial charge in [0.25, 0.3) is 0 Å². The SMILES string of the molecule is CCCCOC(C)OC(C)C(=O)[O-].[K+]. The number of carbonyl (C=O) groups is 1. The summed E-state index contributed by atoms with van der Waals surface area (Å²) in [6.07, 6.45) is 0.590. The smallest absolute Gasteiger partial charge is 0.547 e. The average molecular weight is 228 g/mol. The number of hydrogen-bond acceptors (Lipinski definition) is 4. The van der Waals surface area contributed by atoms with E-state index in [4.69, 9.17) is 9.47 Å². The summed E-state index contributed by atoms with van der Waals surface area (Å²) in [6, 6.07) is 0. The Balaban J connectivity index is 0. The quantitative estimate of drug-likeness (QED) is 0.270. The van der Waals surface area contributed by atoms with Gasteiger partial charge in [0, 0.05) is 6.61 Å². The molecule has 2 atom stereocenters. The van der Waals surface area contributed by atoms with Crippen LogP contribution in [-0.4, -0.2) is 25.0 Å². The van der Waals surface area contributed by atoms with Crippen LogP contribution < -0.4 is 56.5 Å². The van der Waals surface area contributed by atoms with Crippen molar-refractivity contribution >= 4 is 5.97 Å². The van der Waals surface area contributed by atoms with Crippen molar-refractivity contribution < 1.29 is 70.8 Å². The molecule has 4 nitrogen and oxygen atoms in total. The first kappa shape index (κ1) is 17.4. The first-order valence-corrected chi connectivity index (χ1v) is 4.55. The van der Waals surface area contributed by atoms with E-state index >= 15 is 0 Å². The second kappa shape index (κ2) is 10.5. The van der Waals surface area contributed by atoms with E-state index in [0.29, 0.717) is 6.61 Å². The molecule has 14 heavy (non-hydrogen) atoms. The fourth-order valence-corrected chi connectivity index (χ4v) is 0.776. The third-order valence-electron chi connectivity index (χ3n) is 1.58. The molecular formula is C9H17KO4. The van der Waals surface area contributed by atoms with Crippen molar-refractivity contribution in [1.82, 2.24) is 0 Å². The topological polar surface area (TPSA) is 58.6 Å². The second-order valence-electron chi connectivity index (χ2n) is 2.89. The molecule has 0 aliphatic rings. The normalized spacial score (nSPS) is 14.2. The molecule has 0 aliphatic carbocycles. The van der Waals surface area contributed by atoms with Gasteiger partial charge < -0.3 is 19.4 Å². The Morgan fingerprint density at radius 1 is 1.43 bits per heavy atom. The molecular weight excluding hydrogens is 211 g/mol. The molecule has 0 aliphatic heterocycles. The van der Waals surface area contributed by atoms with Crippen LogP contribution in [0.2, 0.25) is 0 Å². The standard InChI is InChI=1S/C9H18O4.K/c1-4-5-6-12-8(3)13-7(2)9(10)11;/h7-8H,4-6H2,1-3H3,(H,10,11);/q;+1/p-1. The van der Waals surface area contributed by atoms with E-state index in [-0.39, 0.29) is 51.4 Å². The van der Waals surface area contributed by atoms with Crippen molar-refractivity contribution in [2.45, 2.75) is 46.0 Å². The van der Waals surface area contributed by atoms with Gasteiger partial charge in [0.2, 0.25) is 0 Å². The number of carboxylic acid groups (broad SMARTS) is 1. The molecule has 0 rings (SSSR count). The fraction of sp³-hybridized carbons (Fsp3) is 0.889. The Hall–Kier alpha value is 1.03. The number of unbranched alkanes of at least 4 members (excludes halogenated alkanes) is 1. The van der Waals surface area contributed by atoms with Gasteiger partial charge in [0.1, 0.15) is 0 Å². The summed E-state index contributed by atoms with van der Waals surface area (Å²) in [7, 11) is 0. The Morgan fingerprint density at radius 3 is 2.43 bits per heavy atom. The number of ether oxygens (including phenoxy) is 2. The van der Waals surface area contributed by atoms with E-state index in [0.717, 1.165) is 12.8 Å². The molecule has 0 spiro atoms. The number of carboxylic acids is 1. The van der Waals surface area contributed by atoms with Crippen LogP contribution in [0.4, 0.5) is 0 Å². The average Bonchev–Trinajstić information content (AvgIpc) is 2.04. The van der Waals surface area contributed by atoms with E-state index in [1.807, 2.05) is 0 Å². The molecule has 0 fully saturated rings. The van der Waals surface area contributed by atoms with Gasteiger partial charge >= 0.3 is 51.4 Å². The molecule has 0 aromatic rings. The first-order chi connectivity index (χ1) is 6.07. The van der Waals surface area contributed by atoms with Gasteiger partial charge in [0.05, 0.1) is 12.1 Å². The number of hydrogen-bond donors (Lipinski definition) is 0. The second-order valence-corrected chi connectivity index (χ2v) is 2.89. The summed E-state index contributed by atoms with van der Waals surface area (Å²) in [5, 5.41) is 10.3. The number of carbonyl (C=O) groups excluding carboxylic acids is 1. The van der Waals surface area contributed by atoms with E-state index in [2.05, 4.69) is 6.92 Å². The maximum atomic E-state index is 10.3. The molecule has 0 bridgehead atoms. The molecule has 78 valence electrons. The maximum absolute atomic E-state index is 10.3. The predicted octanol–water partition coefficient (Wildman–Crippen LogP) is -2.69. The Morgan fingerprint density at radius 2 is 2.00 bits per heavy atom. The summed E-state index contributed by atoms with van der Waals surface area (Å²) >= 11 is 0. The number of aliphatic carboxylic acids is 1. The van der Waals surface area contributed by atoms with Crippen LogP contribution in [0, 0.1) is 0 Å². The van der Waals surface area contributed by atoms with Gasteiger partial charge in [0.15, 0.2) is 6.29 Å². The predicted molar refractivity (Wildman–Crippen MR) is 45.9 cm³/mol.